The van der Waals surface area contributed by atoms with E-state index < -0.39 is 0 Å². The summed E-state index contributed by atoms with van der Waals surface area (Å²) in [4.78, 5) is 11.1. The van der Waals surface area contributed by atoms with Crippen LogP contribution in [0.1, 0.15) is 0 Å². The normalized spacial score (nSPS) is 16.6. The topological polar surface area (TPSA) is 29.0 Å². The Morgan fingerprint density at radius 2 is 1.88 bits per heavy atom. The molecular weight excluding hydrogens is 218 g/mol. The van der Waals surface area contributed by atoms with Gasteiger partial charge in [-0.1, -0.05) is 12.1 Å². The van der Waals surface area contributed by atoms with Crippen LogP contribution in [0.5, 0.6) is 0 Å². The first-order valence-corrected chi connectivity index (χ1v) is 6.63. The largest absolute Gasteiger partial charge is 0.354 e. The lowest BCUT2D eigenvalue weighted by Gasteiger charge is -2.28. The molecule has 3 nitrogen and oxygen atoms in total. The lowest BCUT2D eigenvalue weighted by atomic mass is 10.2. The first-order valence-electron chi connectivity index (χ1n) is 5.47. The molecule has 0 bridgehead atoms. The van der Waals surface area contributed by atoms with Crippen LogP contribution < -0.4 is 4.90 Å². The summed E-state index contributed by atoms with van der Waals surface area (Å²) in [7, 11) is 0. The third kappa shape index (κ3) is 1.73. The number of hydrogen-bond donors (Lipinski definition) is 0. The summed E-state index contributed by atoms with van der Waals surface area (Å²) in [6.07, 6.45) is 1.67. The van der Waals surface area contributed by atoms with Gasteiger partial charge in [0, 0.05) is 30.0 Å². The standard InChI is InChI=1S/C12H13N3S/c1-2-4-11-10(3-1)12(14-9-13-11)15-5-7-16-8-6-15/h1-4,9H,5-8H2. The number of rotatable bonds is 1. The van der Waals surface area contributed by atoms with E-state index in [1.165, 1.54) is 11.5 Å². The van der Waals surface area contributed by atoms with Gasteiger partial charge in [0.1, 0.15) is 12.1 Å². The smallest absolute Gasteiger partial charge is 0.139 e. The monoisotopic (exact) mass is 231 g/mol. The molecule has 0 saturated carbocycles. The Morgan fingerprint density at radius 3 is 2.75 bits per heavy atom. The predicted molar refractivity (Wildman–Crippen MR) is 69.1 cm³/mol. The van der Waals surface area contributed by atoms with Crippen molar-refractivity contribution in [3.8, 4) is 0 Å². The Morgan fingerprint density at radius 1 is 1.06 bits per heavy atom. The summed E-state index contributed by atoms with van der Waals surface area (Å²) >= 11 is 2.01. The molecule has 1 aliphatic rings. The highest BCUT2D eigenvalue weighted by Crippen LogP contribution is 2.24. The van der Waals surface area contributed by atoms with Crippen LogP contribution in [0.25, 0.3) is 10.9 Å². The highest BCUT2D eigenvalue weighted by atomic mass is 32.2. The van der Waals surface area contributed by atoms with Gasteiger partial charge in [-0.05, 0) is 12.1 Å². The number of fused-ring (bicyclic) bond motifs is 1. The van der Waals surface area contributed by atoms with Gasteiger partial charge in [-0.25, -0.2) is 9.97 Å². The van der Waals surface area contributed by atoms with Crippen LogP contribution in [0.3, 0.4) is 0 Å². The van der Waals surface area contributed by atoms with Gasteiger partial charge in [0.05, 0.1) is 5.52 Å². The molecule has 82 valence electrons. The van der Waals surface area contributed by atoms with E-state index in [9.17, 15) is 0 Å². The van der Waals surface area contributed by atoms with E-state index in [-0.39, 0.29) is 0 Å². The SMILES string of the molecule is c1ccc2c(N3CCSCC3)ncnc2c1. The van der Waals surface area contributed by atoms with Crippen molar-refractivity contribution in [2.24, 2.45) is 0 Å². The zero-order valence-corrected chi connectivity index (χ0v) is 9.78. The van der Waals surface area contributed by atoms with Crippen LogP contribution in [0.4, 0.5) is 5.82 Å². The van der Waals surface area contributed by atoms with Crippen LogP contribution in [0, 0.1) is 0 Å². The van der Waals surface area contributed by atoms with Gasteiger partial charge < -0.3 is 4.90 Å². The number of nitrogens with zero attached hydrogens (tertiary/aromatic N) is 3. The highest BCUT2D eigenvalue weighted by molar-refractivity contribution is 7.99. The number of aromatic nitrogens is 2. The minimum absolute atomic E-state index is 1.03. The summed E-state index contributed by atoms with van der Waals surface area (Å²) in [6, 6.07) is 8.21. The van der Waals surface area contributed by atoms with Gasteiger partial charge in [-0.2, -0.15) is 11.8 Å². The molecule has 0 amide bonds. The second kappa shape index (κ2) is 4.29. The van der Waals surface area contributed by atoms with Crippen LogP contribution in [0.15, 0.2) is 30.6 Å². The minimum atomic E-state index is 1.03. The zero-order valence-electron chi connectivity index (χ0n) is 8.97. The minimum Gasteiger partial charge on any atom is -0.354 e. The average Bonchev–Trinajstić information content (AvgIpc) is 2.39. The van der Waals surface area contributed by atoms with Gasteiger partial charge in [0.25, 0.3) is 0 Å². The Balaban J connectivity index is 2.08. The van der Waals surface area contributed by atoms with Gasteiger partial charge in [0.2, 0.25) is 0 Å². The van der Waals surface area contributed by atoms with E-state index >= 15 is 0 Å². The first-order chi connectivity index (χ1) is 7.95. The fourth-order valence-corrected chi connectivity index (χ4v) is 2.92. The average molecular weight is 231 g/mol. The van der Waals surface area contributed by atoms with Gasteiger partial charge in [-0.3, -0.25) is 0 Å². The fraction of sp³-hybridized carbons (Fsp3) is 0.333. The first kappa shape index (κ1) is 9.90. The molecule has 2 heterocycles. The van der Waals surface area contributed by atoms with E-state index in [2.05, 4.69) is 20.9 Å². The van der Waals surface area contributed by atoms with Crippen LogP contribution in [-0.2, 0) is 0 Å². The lowest BCUT2D eigenvalue weighted by Crippen LogP contribution is -2.33. The van der Waals surface area contributed by atoms with Crippen molar-refractivity contribution < 1.29 is 0 Å². The van der Waals surface area contributed by atoms with E-state index in [0.29, 0.717) is 0 Å². The van der Waals surface area contributed by atoms with Crippen LogP contribution in [-0.4, -0.2) is 34.6 Å². The molecule has 0 spiro atoms. The molecule has 0 radical (unpaired) electrons. The molecule has 1 aromatic heterocycles. The van der Waals surface area contributed by atoms with Crippen molar-refractivity contribution in [2.75, 3.05) is 29.5 Å². The predicted octanol–water partition coefficient (Wildman–Crippen LogP) is 2.18. The second-order valence-corrected chi connectivity index (χ2v) is 5.04. The highest BCUT2D eigenvalue weighted by Gasteiger charge is 2.14. The Bertz CT molecular complexity index is 489. The van der Waals surface area contributed by atoms with E-state index in [1.807, 2.05) is 30.0 Å². The third-order valence-corrected chi connectivity index (χ3v) is 3.77. The molecular formula is C12H13N3S. The quantitative estimate of drug-likeness (QED) is 0.752. The summed E-state index contributed by atoms with van der Waals surface area (Å²) in [5.74, 6) is 3.47. The Kier molecular flexibility index (Phi) is 2.66. The summed E-state index contributed by atoms with van der Waals surface area (Å²) in [5.41, 5.74) is 1.03. The van der Waals surface area contributed by atoms with Gasteiger partial charge >= 0.3 is 0 Å². The molecule has 1 saturated heterocycles. The summed E-state index contributed by atoms with van der Waals surface area (Å²) in [6.45, 7) is 2.18. The number of hydrogen-bond acceptors (Lipinski definition) is 4. The number of benzene rings is 1. The van der Waals surface area contributed by atoms with Crippen molar-refractivity contribution in [3.05, 3.63) is 30.6 Å². The van der Waals surface area contributed by atoms with Gasteiger partial charge in [-0.15, -0.1) is 0 Å². The van der Waals surface area contributed by atoms with Crippen molar-refractivity contribution in [1.29, 1.82) is 0 Å². The summed E-state index contributed by atoms with van der Waals surface area (Å²) in [5, 5.41) is 1.16. The molecule has 0 aliphatic carbocycles. The molecule has 0 atom stereocenters. The number of thioether (sulfide) groups is 1. The molecule has 16 heavy (non-hydrogen) atoms. The maximum absolute atomic E-state index is 4.44. The molecule has 1 fully saturated rings. The van der Waals surface area contributed by atoms with Crippen molar-refractivity contribution in [1.82, 2.24) is 9.97 Å². The second-order valence-electron chi connectivity index (χ2n) is 3.81. The molecule has 3 rings (SSSR count). The lowest BCUT2D eigenvalue weighted by molar-refractivity contribution is 0.842. The molecule has 4 heteroatoms. The molecule has 1 aliphatic heterocycles. The fourth-order valence-electron chi connectivity index (χ4n) is 2.02. The Hall–Kier alpha value is -1.29. The molecule has 1 aromatic carbocycles. The van der Waals surface area contributed by atoms with Gasteiger partial charge in [0.15, 0.2) is 0 Å². The van der Waals surface area contributed by atoms with Crippen molar-refractivity contribution in [3.63, 3.8) is 0 Å². The van der Waals surface area contributed by atoms with Crippen LogP contribution in [0.2, 0.25) is 0 Å². The number of para-hydroxylation sites is 1. The Labute approximate surface area is 98.9 Å². The zero-order chi connectivity index (χ0) is 10.8. The van der Waals surface area contributed by atoms with E-state index in [4.69, 9.17) is 0 Å². The van der Waals surface area contributed by atoms with Crippen molar-refractivity contribution >= 4 is 28.5 Å². The summed E-state index contributed by atoms with van der Waals surface area (Å²) < 4.78 is 0. The molecule has 0 N–H and O–H groups in total. The van der Waals surface area contributed by atoms with E-state index in [1.54, 1.807) is 6.33 Å². The molecule has 0 unspecified atom stereocenters. The maximum atomic E-state index is 4.44. The number of anilines is 1. The van der Waals surface area contributed by atoms with Crippen molar-refractivity contribution in [2.45, 2.75) is 0 Å². The van der Waals surface area contributed by atoms with E-state index in [0.717, 1.165) is 29.8 Å². The van der Waals surface area contributed by atoms with Crippen LogP contribution >= 0.6 is 11.8 Å². The molecule has 2 aromatic rings. The third-order valence-electron chi connectivity index (χ3n) is 2.83. The maximum Gasteiger partial charge on any atom is 0.139 e.